The number of carbonyl (C=O) groups is 1. The van der Waals surface area contributed by atoms with Gasteiger partial charge in [0.1, 0.15) is 0 Å². The second kappa shape index (κ2) is 6.98. The monoisotopic (exact) mass is 339 g/mol. The highest BCUT2D eigenvalue weighted by Crippen LogP contribution is 2.19. The van der Waals surface area contributed by atoms with Crippen LogP contribution in [0.1, 0.15) is 16.7 Å². The molecular formula is C16H25N3O3S. The Morgan fingerprint density at radius 2 is 1.83 bits per heavy atom. The van der Waals surface area contributed by atoms with Crippen molar-refractivity contribution >= 4 is 15.9 Å². The molecule has 1 atom stereocenters. The molecule has 1 aromatic carbocycles. The average Bonchev–Trinajstić information content (AvgIpc) is 2.65. The summed E-state index contributed by atoms with van der Waals surface area (Å²) in [4.78, 5) is 13.8. The fourth-order valence-corrected chi connectivity index (χ4v) is 3.86. The summed E-state index contributed by atoms with van der Waals surface area (Å²) in [5, 5.41) is 0. The topological polar surface area (TPSA) is 83.7 Å². The van der Waals surface area contributed by atoms with Gasteiger partial charge in [-0.1, -0.05) is 18.2 Å². The SMILES string of the molecule is Cc1cccc(C)c1CN1CCN(S(C)(=O)=O)C[C@@H](C(N)=O)C1. The van der Waals surface area contributed by atoms with E-state index in [9.17, 15) is 13.2 Å². The van der Waals surface area contributed by atoms with E-state index < -0.39 is 21.8 Å². The minimum atomic E-state index is -3.33. The van der Waals surface area contributed by atoms with Crippen LogP contribution in [0.5, 0.6) is 0 Å². The summed E-state index contributed by atoms with van der Waals surface area (Å²) in [5.41, 5.74) is 9.09. The standard InChI is InChI=1S/C16H25N3O3S/c1-12-5-4-6-13(2)15(12)11-18-7-8-19(23(3,21)22)10-14(9-18)16(17)20/h4-6,14H,7-11H2,1-3H3,(H2,17,20)/t14-/m0/s1. The van der Waals surface area contributed by atoms with Crippen LogP contribution in [0.15, 0.2) is 18.2 Å². The van der Waals surface area contributed by atoms with Crippen molar-refractivity contribution in [2.24, 2.45) is 11.7 Å². The Labute approximate surface area is 138 Å². The van der Waals surface area contributed by atoms with E-state index in [1.165, 1.54) is 27.3 Å². The van der Waals surface area contributed by atoms with Gasteiger partial charge in [-0.3, -0.25) is 9.69 Å². The molecule has 23 heavy (non-hydrogen) atoms. The molecule has 7 heteroatoms. The maximum atomic E-state index is 11.8. The predicted octanol–water partition coefficient (Wildman–Crippen LogP) is 0.482. The number of hydrogen-bond acceptors (Lipinski definition) is 4. The summed E-state index contributed by atoms with van der Waals surface area (Å²) < 4.78 is 25.0. The fraction of sp³-hybridized carbons (Fsp3) is 0.562. The maximum absolute atomic E-state index is 11.8. The van der Waals surface area contributed by atoms with Gasteiger partial charge in [-0.15, -0.1) is 0 Å². The number of nitrogens with zero attached hydrogens (tertiary/aromatic N) is 2. The molecule has 1 fully saturated rings. The van der Waals surface area contributed by atoms with Gasteiger partial charge in [0.25, 0.3) is 0 Å². The number of aryl methyl sites for hydroxylation is 2. The molecule has 1 saturated heterocycles. The number of amides is 1. The lowest BCUT2D eigenvalue weighted by atomic mass is 10.0. The quantitative estimate of drug-likeness (QED) is 0.865. The Balaban J connectivity index is 2.21. The highest BCUT2D eigenvalue weighted by Gasteiger charge is 2.30. The number of benzene rings is 1. The Bertz CT molecular complexity index is 668. The van der Waals surface area contributed by atoms with Crippen molar-refractivity contribution in [2.45, 2.75) is 20.4 Å². The molecule has 0 radical (unpaired) electrons. The molecule has 128 valence electrons. The molecule has 1 aromatic rings. The Morgan fingerprint density at radius 3 is 2.35 bits per heavy atom. The summed E-state index contributed by atoms with van der Waals surface area (Å²) in [5.74, 6) is -0.941. The molecule has 2 N–H and O–H groups in total. The van der Waals surface area contributed by atoms with E-state index in [4.69, 9.17) is 5.73 Å². The molecule has 0 aromatic heterocycles. The number of rotatable bonds is 4. The second-order valence-corrected chi connectivity index (χ2v) is 8.31. The van der Waals surface area contributed by atoms with E-state index in [0.29, 0.717) is 26.2 Å². The summed E-state index contributed by atoms with van der Waals surface area (Å²) in [6, 6.07) is 6.15. The number of carbonyl (C=O) groups excluding carboxylic acids is 1. The highest BCUT2D eigenvalue weighted by atomic mass is 32.2. The van der Waals surface area contributed by atoms with Gasteiger partial charge in [-0.05, 0) is 30.5 Å². The van der Waals surface area contributed by atoms with E-state index >= 15 is 0 Å². The van der Waals surface area contributed by atoms with Crippen molar-refractivity contribution in [3.63, 3.8) is 0 Å². The lowest BCUT2D eigenvalue weighted by Crippen LogP contribution is -2.40. The largest absolute Gasteiger partial charge is 0.369 e. The van der Waals surface area contributed by atoms with E-state index in [1.54, 1.807) is 0 Å². The van der Waals surface area contributed by atoms with Crippen LogP contribution < -0.4 is 5.73 Å². The first-order chi connectivity index (χ1) is 10.7. The summed E-state index contributed by atoms with van der Waals surface area (Å²) in [6.45, 7) is 6.44. The molecule has 0 bridgehead atoms. The van der Waals surface area contributed by atoms with Gasteiger partial charge < -0.3 is 5.73 Å². The highest BCUT2D eigenvalue weighted by molar-refractivity contribution is 7.88. The minimum absolute atomic E-state index is 0.164. The Hall–Kier alpha value is -1.44. The van der Waals surface area contributed by atoms with Gasteiger partial charge in [0, 0.05) is 32.7 Å². The molecule has 1 heterocycles. The Kier molecular flexibility index (Phi) is 5.44. The molecule has 0 spiro atoms. The molecular weight excluding hydrogens is 314 g/mol. The molecule has 1 amide bonds. The summed E-state index contributed by atoms with van der Waals surface area (Å²) in [6.07, 6.45) is 1.17. The van der Waals surface area contributed by atoms with Crippen LogP contribution in [0.25, 0.3) is 0 Å². The van der Waals surface area contributed by atoms with Crippen molar-refractivity contribution in [3.05, 3.63) is 34.9 Å². The van der Waals surface area contributed by atoms with E-state index in [1.807, 2.05) is 6.07 Å². The molecule has 0 unspecified atom stereocenters. The van der Waals surface area contributed by atoms with Gasteiger partial charge in [-0.25, -0.2) is 12.7 Å². The molecule has 2 rings (SSSR count). The van der Waals surface area contributed by atoms with Crippen LogP contribution in [0.4, 0.5) is 0 Å². The van der Waals surface area contributed by atoms with Crippen molar-refractivity contribution < 1.29 is 13.2 Å². The first kappa shape index (κ1) is 17.9. The molecule has 0 aliphatic carbocycles. The van der Waals surface area contributed by atoms with E-state index in [-0.39, 0.29) is 6.54 Å². The lowest BCUT2D eigenvalue weighted by Gasteiger charge is -2.24. The molecule has 6 nitrogen and oxygen atoms in total. The molecule has 1 aliphatic heterocycles. The number of hydrogen-bond donors (Lipinski definition) is 1. The fourth-order valence-electron chi connectivity index (χ4n) is 3.00. The maximum Gasteiger partial charge on any atom is 0.223 e. The van der Waals surface area contributed by atoms with Crippen LogP contribution in [0.2, 0.25) is 0 Å². The van der Waals surface area contributed by atoms with Crippen molar-refractivity contribution in [3.8, 4) is 0 Å². The minimum Gasteiger partial charge on any atom is -0.369 e. The van der Waals surface area contributed by atoms with Gasteiger partial charge in [0.15, 0.2) is 0 Å². The first-order valence-corrected chi connectivity index (χ1v) is 9.55. The number of sulfonamides is 1. The second-order valence-electron chi connectivity index (χ2n) is 6.33. The third-order valence-electron chi connectivity index (χ3n) is 4.47. The van der Waals surface area contributed by atoms with E-state index in [0.717, 1.165) is 0 Å². The van der Waals surface area contributed by atoms with Crippen molar-refractivity contribution in [1.82, 2.24) is 9.21 Å². The van der Waals surface area contributed by atoms with Gasteiger partial charge in [0.05, 0.1) is 12.2 Å². The zero-order valence-electron chi connectivity index (χ0n) is 13.9. The number of nitrogens with two attached hydrogens (primary N) is 1. The van der Waals surface area contributed by atoms with Gasteiger partial charge in [0.2, 0.25) is 15.9 Å². The zero-order valence-corrected chi connectivity index (χ0v) is 14.8. The van der Waals surface area contributed by atoms with Gasteiger partial charge in [-0.2, -0.15) is 0 Å². The lowest BCUT2D eigenvalue weighted by molar-refractivity contribution is -0.122. The summed E-state index contributed by atoms with van der Waals surface area (Å²) >= 11 is 0. The predicted molar refractivity (Wildman–Crippen MR) is 90.3 cm³/mol. The molecule has 0 saturated carbocycles. The van der Waals surface area contributed by atoms with Crippen LogP contribution in [0, 0.1) is 19.8 Å². The summed E-state index contributed by atoms with van der Waals surface area (Å²) in [7, 11) is -3.33. The van der Waals surface area contributed by atoms with Gasteiger partial charge >= 0.3 is 0 Å². The van der Waals surface area contributed by atoms with Crippen LogP contribution in [0.3, 0.4) is 0 Å². The van der Waals surface area contributed by atoms with Crippen molar-refractivity contribution in [2.75, 3.05) is 32.4 Å². The smallest absolute Gasteiger partial charge is 0.223 e. The van der Waals surface area contributed by atoms with Crippen molar-refractivity contribution in [1.29, 1.82) is 0 Å². The third kappa shape index (κ3) is 4.53. The molecule has 1 aliphatic rings. The average molecular weight is 339 g/mol. The van der Waals surface area contributed by atoms with Crippen LogP contribution in [-0.2, 0) is 21.4 Å². The van der Waals surface area contributed by atoms with Crippen LogP contribution >= 0.6 is 0 Å². The first-order valence-electron chi connectivity index (χ1n) is 7.70. The Morgan fingerprint density at radius 1 is 1.22 bits per heavy atom. The van der Waals surface area contributed by atoms with E-state index in [2.05, 4.69) is 30.9 Å². The van der Waals surface area contributed by atoms with Crippen LogP contribution in [-0.4, -0.2) is 56.0 Å². The number of primary amides is 1. The third-order valence-corrected chi connectivity index (χ3v) is 5.74. The normalized spacial score (nSPS) is 21.1. The zero-order chi connectivity index (χ0) is 17.2.